The second-order valence-electron chi connectivity index (χ2n) is 5.92. The van der Waals surface area contributed by atoms with Gasteiger partial charge in [0.05, 0.1) is 5.92 Å². The molecule has 4 heteroatoms. The van der Waals surface area contributed by atoms with Crippen LogP contribution in [0.5, 0.6) is 0 Å². The molecular formula is C17H19ClO3. The minimum Gasteiger partial charge on any atom is -0.461 e. The van der Waals surface area contributed by atoms with Crippen LogP contribution < -0.4 is 0 Å². The lowest BCUT2D eigenvalue weighted by molar-refractivity contribution is -0.147. The van der Waals surface area contributed by atoms with Crippen molar-refractivity contribution in [3.63, 3.8) is 0 Å². The smallest absolute Gasteiger partial charge is 0.310 e. The Labute approximate surface area is 129 Å². The van der Waals surface area contributed by atoms with Crippen LogP contribution >= 0.6 is 11.6 Å². The van der Waals surface area contributed by atoms with Crippen molar-refractivity contribution in [2.24, 2.45) is 17.3 Å². The average molecular weight is 307 g/mol. The van der Waals surface area contributed by atoms with Crippen LogP contribution in [0.3, 0.4) is 0 Å². The van der Waals surface area contributed by atoms with Gasteiger partial charge in [0, 0.05) is 10.9 Å². The summed E-state index contributed by atoms with van der Waals surface area (Å²) in [5.74, 6) is -0.542. The molecule has 1 aliphatic carbocycles. The predicted molar refractivity (Wildman–Crippen MR) is 81.8 cm³/mol. The number of benzene rings is 1. The number of esters is 1. The number of halogens is 1. The fourth-order valence-electron chi connectivity index (χ4n) is 2.85. The number of ether oxygens (including phenoxy) is 1. The highest BCUT2D eigenvalue weighted by atomic mass is 35.5. The normalized spacial score (nSPS) is 23.5. The van der Waals surface area contributed by atoms with Crippen molar-refractivity contribution >= 4 is 23.9 Å². The Kier molecular flexibility index (Phi) is 4.52. The molecule has 1 fully saturated rings. The van der Waals surface area contributed by atoms with E-state index in [0.717, 1.165) is 11.8 Å². The van der Waals surface area contributed by atoms with Gasteiger partial charge in [0.1, 0.15) is 12.9 Å². The average Bonchev–Trinajstić information content (AvgIpc) is 3.02. The van der Waals surface area contributed by atoms with Gasteiger partial charge in [0.25, 0.3) is 0 Å². The van der Waals surface area contributed by atoms with E-state index >= 15 is 0 Å². The van der Waals surface area contributed by atoms with Crippen molar-refractivity contribution in [2.75, 3.05) is 0 Å². The van der Waals surface area contributed by atoms with E-state index in [1.54, 1.807) is 18.2 Å². The molecule has 0 N–H and O–H groups in total. The molecule has 0 heterocycles. The molecule has 1 aromatic carbocycles. The molecule has 1 aromatic rings. The Bertz CT molecular complexity index is 572. The first-order chi connectivity index (χ1) is 9.91. The number of carbonyl (C=O) groups excluding carboxylic acids is 2. The molecule has 0 aliphatic heterocycles. The van der Waals surface area contributed by atoms with Crippen molar-refractivity contribution in [1.29, 1.82) is 0 Å². The molecule has 2 unspecified atom stereocenters. The number of carbonyl (C=O) groups is 2. The Hall–Kier alpha value is -1.61. The zero-order chi connectivity index (χ0) is 15.6. The number of aldehydes is 1. The van der Waals surface area contributed by atoms with E-state index in [1.165, 1.54) is 0 Å². The molecule has 3 nitrogen and oxygen atoms in total. The van der Waals surface area contributed by atoms with Crippen LogP contribution in [0.2, 0.25) is 5.02 Å². The summed E-state index contributed by atoms with van der Waals surface area (Å²) in [4.78, 5) is 23.3. The number of allylic oxidation sites excluding steroid dienone is 2. The first-order valence-corrected chi connectivity index (χ1v) is 7.32. The van der Waals surface area contributed by atoms with Crippen molar-refractivity contribution < 1.29 is 14.3 Å². The summed E-state index contributed by atoms with van der Waals surface area (Å²) in [7, 11) is 0. The molecule has 2 rings (SSSR count). The maximum absolute atomic E-state index is 12.2. The lowest BCUT2D eigenvalue weighted by atomic mass is 10.0. The maximum Gasteiger partial charge on any atom is 0.310 e. The second-order valence-corrected chi connectivity index (χ2v) is 6.35. The first-order valence-electron chi connectivity index (χ1n) is 6.94. The molecule has 1 aliphatic rings. The third-order valence-corrected chi connectivity index (χ3v) is 4.46. The van der Waals surface area contributed by atoms with E-state index in [4.69, 9.17) is 16.3 Å². The molecule has 1 saturated carbocycles. The molecule has 0 bridgehead atoms. The summed E-state index contributed by atoms with van der Waals surface area (Å²) < 4.78 is 5.37. The summed E-state index contributed by atoms with van der Waals surface area (Å²) in [5, 5.41) is 0.650. The van der Waals surface area contributed by atoms with Crippen LogP contribution in [0.25, 0.3) is 0 Å². The van der Waals surface area contributed by atoms with Gasteiger partial charge in [-0.15, -0.1) is 0 Å². The van der Waals surface area contributed by atoms with E-state index in [1.807, 2.05) is 32.9 Å². The number of rotatable bonds is 5. The van der Waals surface area contributed by atoms with E-state index in [0.29, 0.717) is 10.6 Å². The molecular weight excluding hydrogens is 288 g/mol. The van der Waals surface area contributed by atoms with E-state index in [9.17, 15) is 9.59 Å². The van der Waals surface area contributed by atoms with Crippen molar-refractivity contribution in [3.8, 4) is 0 Å². The second kappa shape index (κ2) is 6.02. The van der Waals surface area contributed by atoms with Crippen molar-refractivity contribution in [1.82, 2.24) is 0 Å². The summed E-state index contributed by atoms with van der Waals surface area (Å²) in [6.45, 7) is 6.01. The quantitative estimate of drug-likeness (QED) is 0.472. The Morgan fingerprint density at radius 2 is 1.90 bits per heavy atom. The van der Waals surface area contributed by atoms with Gasteiger partial charge in [0.2, 0.25) is 0 Å². The number of hydrogen-bond acceptors (Lipinski definition) is 3. The van der Waals surface area contributed by atoms with E-state index in [-0.39, 0.29) is 29.8 Å². The van der Waals surface area contributed by atoms with Crippen LogP contribution in [-0.2, 0) is 20.9 Å². The monoisotopic (exact) mass is 306 g/mol. The van der Waals surface area contributed by atoms with Crippen LogP contribution in [0, 0.1) is 17.3 Å². The highest BCUT2D eigenvalue weighted by Gasteiger charge is 2.63. The van der Waals surface area contributed by atoms with Gasteiger partial charge in [-0.2, -0.15) is 0 Å². The van der Waals surface area contributed by atoms with Crippen LogP contribution in [0.4, 0.5) is 0 Å². The Morgan fingerprint density at radius 3 is 2.43 bits per heavy atom. The molecule has 112 valence electrons. The SMILES string of the molecule is C/C=C(/C=O)C1C(C(=O)OCc2ccc(Cl)cc2)C1(C)C. The largest absolute Gasteiger partial charge is 0.461 e. The maximum atomic E-state index is 12.2. The Morgan fingerprint density at radius 1 is 1.29 bits per heavy atom. The third kappa shape index (κ3) is 3.18. The third-order valence-electron chi connectivity index (χ3n) is 4.20. The lowest BCUT2D eigenvalue weighted by Gasteiger charge is -2.06. The summed E-state index contributed by atoms with van der Waals surface area (Å²) in [5.41, 5.74) is 1.35. The van der Waals surface area contributed by atoms with Crippen LogP contribution in [0.15, 0.2) is 35.9 Å². The first kappa shape index (κ1) is 15.8. The molecule has 2 atom stereocenters. The van der Waals surface area contributed by atoms with Gasteiger partial charge in [-0.25, -0.2) is 0 Å². The Balaban J connectivity index is 1.98. The zero-order valence-corrected chi connectivity index (χ0v) is 13.2. The van der Waals surface area contributed by atoms with Gasteiger partial charge in [-0.3, -0.25) is 9.59 Å². The molecule has 0 spiro atoms. The summed E-state index contributed by atoms with van der Waals surface area (Å²) in [6, 6.07) is 7.18. The molecule has 21 heavy (non-hydrogen) atoms. The predicted octanol–water partition coefficient (Wildman–Crippen LogP) is 3.80. The van der Waals surface area contributed by atoms with E-state index in [2.05, 4.69) is 0 Å². The number of hydrogen-bond donors (Lipinski definition) is 0. The summed E-state index contributed by atoms with van der Waals surface area (Å²) in [6.07, 6.45) is 2.60. The minimum atomic E-state index is -0.249. The fourth-order valence-corrected chi connectivity index (χ4v) is 2.97. The summed E-state index contributed by atoms with van der Waals surface area (Å²) >= 11 is 5.81. The van der Waals surface area contributed by atoms with E-state index < -0.39 is 0 Å². The lowest BCUT2D eigenvalue weighted by Crippen LogP contribution is -2.11. The highest BCUT2D eigenvalue weighted by Crippen LogP contribution is 2.61. The van der Waals surface area contributed by atoms with Crippen molar-refractivity contribution in [3.05, 3.63) is 46.5 Å². The van der Waals surface area contributed by atoms with Crippen LogP contribution in [-0.4, -0.2) is 12.3 Å². The van der Waals surface area contributed by atoms with Gasteiger partial charge in [0.15, 0.2) is 0 Å². The van der Waals surface area contributed by atoms with Gasteiger partial charge >= 0.3 is 5.97 Å². The highest BCUT2D eigenvalue weighted by molar-refractivity contribution is 6.30. The molecule has 0 radical (unpaired) electrons. The molecule has 0 saturated heterocycles. The fraction of sp³-hybridized carbons (Fsp3) is 0.412. The van der Waals surface area contributed by atoms with Gasteiger partial charge < -0.3 is 4.74 Å². The van der Waals surface area contributed by atoms with Gasteiger partial charge in [-0.05, 0) is 35.6 Å². The molecule has 0 amide bonds. The zero-order valence-electron chi connectivity index (χ0n) is 12.4. The standard InChI is InChI=1S/C17H19ClO3/c1-4-12(9-19)14-15(17(14,2)3)16(20)21-10-11-5-7-13(18)8-6-11/h4-9,14-15H,10H2,1-3H3/b12-4-. The topological polar surface area (TPSA) is 43.4 Å². The van der Waals surface area contributed by atoms with Crippen LogP contribution in [0.1, 0.15) is 26.3 Å². The van der Waals surface area contributed by atoms with Gasteiger partial charge in [-0.1, -0.05) is 43.7 Å². The molecule has 0 aromatic heterocycles. The van der Waals surface area contributed by atoms with Crippen molar-refractivity contribution in [2.45, 2.75) is 27.4 Å². The minimum absolute atomic E-state index is 0.0438.